The average molecular weight is 1160 g/mol. The second-order valence-electron chi connectivity index (χ2n) is 26.0. The number of esters is 1. The molecule has 6 nitrogen and oxygen atoms in total. The predicted octanol–water partition coefficient (Wildman–Crippen LogP) is 24.5. The van der Waals surface area contributed by atoms with Crippen molar-refractivity contribution in [2.45, 2.75) is 437 Å². The number of aliphatic hydroxyl groups excluding tert-OH is 2. The summed E-state index contributed by atoms with van der Waals surface area (Å²) >= 11 is 0. The Morgan fingerprint density at radius 3 is 0.866 bits per heavy atom. The van der Waals surface area contributed by atoms with Crippen LogP contribution in [-0.4, -0.2) is 47.4 Å². The Morgan fingerprint density at radius 1 is 0.329 bits per heavy atom. The van der Waals surface area contributed by atoms with Gasteiger partial charge in [0.15, 0.2) is 0 Å². The lowest BCUT2D eigenvalue weighted by Gasteiger charge is -2.20. The molecule has 1 amide bonds. The van der Waals surface area contributed by atoms with E-state index in [1.807, 2.05) is 6.08 Å². The van der Waals surface area contributed by atoms with E-state index in [1.165, 1.54) is 360 Å². The van der Waals surface area contributed by atoms with E-state index in [2.05, 4.69) is 31.3 Å². The minimum atomic E-state index is -0.846. The molecule has 2 unspecified atom stereocenters. The van der Waals surface area contributed by atoms with E-state index in [9.17, 15) is 19.8 Å². The third-order valence-electron chi connectivity index (χ3n) is 17.7. The van der Waals surface area contributed by atoms with Crippen LogP contribution in [0.4, 0.5) is 0 Å². The van der Waals surface area contributed by atoms with E-state index in [0.717, 1.165) is 38.5 Å². The molecule has 0 aromatic heterocycles. The molecule has 6 heteroatoms. The molecule has 0 aliphatic rings. The van der Waals surface area contributed by atoms with Crippen molar-refractivity contribution in [3.05, 3.63) is 24.3 Å². The summed E-state index contributed by atoms with van der Waals surface area (Å²) in [5.74, 6) is -0.0451. The fourth-order valence-corrected chi connectivity index (χ4v) is 12.0. The Morgan fingerprint density at radius 2 is 0.573 bits per heavy atom. The van der Waals surface area contributed by atoms with Gasteiger partial charge < -0.3 is 20.3 Å². The van der Waals surface area contributed by atoms with Crippen LogP contribution in [0, 0.1) is 0 Å². The van der Waals surface area contributed by atoms with Gasteiger partial charge in [0, 0.05) is 12.8 Å². The summed E-state index contributed by atoms with van der Waals surface area (Å²) in [5.41, 5.74) is 0. The van der Waals surface area contributed by atoms with Crippen molar-refractivity contribution in [2.24, 2.45) is 0 Å². The first kappa shape index (κ1) is 80.3. The maximum Gasteiger partial charge on any atom is 0.305 e. The van der Waals surface area contributed by atoms with Crippen LogP contribution >= 0.6 is 0 Å². The lowest BCUT2D eigenvalue weighted by atomic mass is 10.0. The number of ether oxygens (including phenoxy) is 1. The number of hydrogen-bond acceptors (Lipinski definition) is 5. The van der Waals surface area contributed by atoms with Crippen molar-refractivity contribution in [2.75, 3.05) is 13.2 Å². The smallest absolute Gasteiger partial charge is 0.305 e. The highest BCUT2D eigenvalue weighted by atomic mass is 16.5. The van der Waals surface area contributed by atoms with E-state index >= 15 is 0 Å². The predicted molar refractivity (Wildman–Crippen MR) is 361 cm³/mol. The zero-order valence-corrected chi connectivity index (χ0v) is 55.8. The lowest BCUT2D eigenvalue weighted by Crippen LogP contribution is -2.45. The van der Waals surface area contributed by atoms with Gasteiger partial charge in [0.1, 0.15) is 0 Å². The third-order valence-corrected chi connectivity index (χ3v) is 17.7. The van der Waals surface area contributed by atoms with Crippen molar-refractivity contribution in [1.82, 2.24) is 5.32 Å². The second-order valence-corrected chi connectivity index (χ2v) is 26.0. The number of carbonyl (C=O) groups is 2. The molecule has 0 heterocycles. The molecule has 82 heavy (non-hydrogen) atoms. The summed E-state index contributed by atoms with van der Waals surface area (Å²) < 4.78 is 5.49. The van der Waals surface area contributed by atoms with Crippen molar-refractivity contribution in [1.29, 1.82) is 0 Å². The molecule has 0 saturated carbocycles. The number of carbonyl (C=O) groups excluding carboxylic acids is 2. The Labute approximate surface area is 513 Å². The third kappa shape index (κ3) is 67.5. The molecule has 0 aliphatic heterocycles. The molecule has 2 atom stereocenters. The molecule has 0 spiro atoms. The topological polar surface area (TPSA) is 95.9 Å². The molecule has 0 rings (SSSR count). The zero-order chi connectivity index (χ0) is 59.2. The molecule has 486 valence electrons. The molecule has 0 bridgehead atoms. The maximum absolute atomic E-state index is 12.5. The summed E-state index contributed by atoms with van der Waals surface area (Å²) in [5, 5.41) is 23.3. The van der Waals surface area contributed by atoms with Gasteiger partial charge in [-0.25, -0.2) is 0 Å². The quantitative estimate of drug-likeness (QED) is 0.0320. The maximum atomic E-state index is 12.5. The second kappa shape index (κ2) is 71.8. The first-order valence-electron chi connectivity index (χ1n) is 37.6. The summed E-state index contributed by atoms with van der Waals surface area (Å²) in [7, 11) is 0. The number of amides is 1. The zero-order valence-electron chi connectivity index (χ0n) is 55.8. The summed E-state index contributed by atoms with van der Waals surface area (Å²) in [4.78, 5) is 24.6. The van der Waals surface area contributed by atoms with E-state index in [1.54, 1.807) is 6.08 Å². The Hall–Kier alpha value is -1.66. The number of rotatable bonds is 71. The molecule has 3 N–H and O–H groups in total. The van der Waals surface area contributed by atoms with Crippen LogP contribution in [0.3, 0.4) is 0 Å². The van der Waals surface area contributed by atoms with Gasteiger partial charge in [0.25, 0.3) is 0 Å². The highest BCUT2D eigenvalue weighted by Gasteiger charge is 2.18. The highest BCUT2D eigenvalue weighted by Crippen LogP contribution is 2.19. The normalized spacial score (nSPS) is 12.6. The van der Waals surface area contributed by atoms with Crippen LogP contribution in [0.25, 0.3) is 0 Å². The van der Waals surface area contributed by atoms with Gasteiger partial charge in [-0.3, -0.25) is 9.59 Å². The van der Waals surface area contributed by atoms with E-state index in [-0.39, 0.29) is 18.5 Å². The number of unbranched alkanes of at least 4 members (excludes halogenated alkanes) is 58. The van der Waals surface area contributed by atoms with Crippen LogP contribution in [0.1, 0.15) is 425 Å². The number of nitrogens with one attached hydrogen (secondary N) is 1. The molecule has 0 saturated heterocycles. The standard InChI is InChI=1S/C76H147NO5/c1-3-5-7-9-11-13-15-17-18-19-20-21-22-29-32-35-38-41-45-48-52-56-60-64-68-74(79)73(72-78)77-75(80)69-65-61-57-53-49-46-42-39-36-33-30-27-25-23-24-26-28-31-34-37-40-43-47-51-55-59-63-67-71-82-76(81)70-66-62-58-54-50-44-16-14-12-10-8-6-4-2/h23-24,64,68,73-74,78-79H,3-22,25-63,65-67,69-72H2,1-2H3,(H,77,80)/b24-23-,68-64+. The van der Waals surface area contributed by atoms with Gasteiger partial charge in [-0.15, -0.1) is 0 Å². The first-order chi connectivity index (χ1) is 40.5. The molecule has 0 radical (unpaired) electrons. The van der Waals surface area contributed by atoms with E-state index < -0.39 is 12.1 Å². The SMILES string of the molecule is CCCCCCCCCCCCCCCCCCCCCCCC/C=C/C(O)C(CO)NC(=O)CCCCCCCCCCCCCC/C=C\CCCCCCCCCCCCCCOC(=O)CCCCCCCCCCCCCCC. The van der Waals surface area contributed by atoms with Crippen LogP contribution in [0.5, 0.6) is 0 Å². The molecule has 0 aromatic rings. The van der Waals surface area contributed by atoms with Crippen LogP contribution < -0.4 is 5.32 Å². The number of hydrogen-bond donors (Lipinski definition) is 3. The summed E-state index contributed by atoms with van der Waals surface area (Å²) in [6.07, 6.45) is 91.3. The van der Waals surface area contributed by atoms with Gasteiger partial charge in [-0.05, 0) is 57.8 Å². The highest BCUT2D eigenvalue weighted by molar-refractivity contribution is 5.76. The van der Waals surface area contributed by atoms with Gasteiger partial charge in [0.2, 0.25) is 5.91 Å². The van der Waals surface area contributed by atoms with Crippen molar-refractivity contribution < 1.29 is 24.5 Å². The van der Waals surface area contributed by atoms with Gasteiger partial charge >= 0.3 is 5.97 Å². The minimum absolute atomic E-state index is 0.0179. The monoisotopic (exact) mass is 1150 g/mol. The van der Waals surface area contributed by atoms with Crippen molar-refractivity contribution in [3.8, 4) is 0 Å². The van der Waals surface area contributed by atoms with E-state index in [4.69, 9.17) is 4.74 Å². The van der Waals surface area contributed by atoms with Gasteiger partial charge in [-0.2, -0.15) is 0 Å². The Kier molecular flexibility index (Phi) is 70.4. The molecule has 0 aliphatic carbocycles. The van der Waals surface area contributed by atoms with Crippen molar-refractivity contribution >= 4 is 11.9 Å². The van der Waals surface area contributed by atoms with Crippen LogP contribution in [0.2, 0.25) is 0 Å². The Balaban J connectivity index is 3.40. The molecular weight excluding hydrogens is 1010 g/mol. The minimum Gasteiger partial charge on any atom is -0.466 e. The summed E-state index contributed by atoms with van der Waals surface area (Å²) in [6, 6.07) is -0.629. The molecule has 0 fully saturated rings. The summed E-state index contributed by atoms with van der Waals surface area (Å²) in [6.45, 7) is 4.95. The largest absolute Gasteiger partial charge is 0.466 e. The van der Waals surface area contributed by atoms with Crippen LogP contribution in [0.15, 0.2) is 24.3 Å². The molecular formula is C76H147NO5. The number of allylic oxidation sites excluding steroid dienone is 3. The van der Waals surface area contributed by atoms with Crippen molar-refractivity contribution in [3.63, 3.8) is 0 Å². The van der Waals surface area contributed by atoms with Gasteiger partial charge in [-0.1, -0.05) is 378 Å². The number of aliphatic hydroxyl groups is 2. The van der Waals surface area contributed by atoms with Gasteiger partial charge in [0.05, 0.1) is 25.4 Å². The molecule has 0 aromatic carbocycles. The average Bonchev–Trinajstić information content (AvgIpc) is 3.48. The lowest BCUT2D eigenvalue weighted by molar-refractivity contribution is -0.143. The fourth-order valence-electron chi connectivity index (χ4n) is 12.0. The first-order valence-corrected chi connectivity index (χ1v) is 37.6. The fraction of sp³-hybridized carbons (Fsp3) is 0.921. The Bertz CT molecular complexity index is 1280. The van der Waals surface area contributed by atoms with E-state index in [0.29, 0.717) is 19.4 Å². The van der Waals surface area contributed by atoms with Crippen LogP contribution in [-0.2, 0) is 14.3 Å².